The highest BCUT2D eigenvalue weighted by atomic mass is 15.3. The fourth-order valence-electron chi connectivity index (χ4n) is 2.64. The van der Waals surface area contributed by atoms with Gasteiger partial charge in [-0.1, -0.05) is 29.8 Å². The Hall–Kier alpha value is -1.61. The third-order valence-electron chi connectivity index (χ3n) is 3.61. The average molecular weight is 241 g/mol. The number of rotatable bonds is 2. The number of aryl methyl sites for hydroxylation is 2. The molecule has 1 aliphatic rings. The number of nitrogens with one attached hydrogen (secondary N) is 1. The maximum atomic E-state index is 4.65. The number of hydrogen-bond donors (Lipinski definition) is 1. The number of nitrogens with zero attached hydrogens (tertiary/aromatic N) is 2. The van der Waals surface area contributed by atoms with Gasteiger partial charge >= 0.3 is 0 Å². The van der Waals surface area contributed by atoms with Gasteiger partial charge in [-0.25, -0.2) is 0 Å². The van der Waals surface area contributed by atoms with Crippen molar-refractivity contribution in [1.29, 1.82) is 0 Å². The second-order valence-corrected chi connectivity index (χ2v) is 5.12. The maximum absolute atomic E-state index is 4.65. The van der Waals surface area contributed by atoms with Crippen LogP contribution < -0.4 is 5.32 Å². The van der Waals surface area contributed by atoms with E-state index in [2.05, 4.69) is 47.8 Å². The average Bonchev–Trinajstić information content (AvgIpc) is 2.98. The minimum atomic E-state index is 0.419. The monoisotopic (exact) mass is 241 g/mol. The Morgan fingerprint density at radius 1 is 1.28 bits per heavy atom. The predicted octanol–water partition coefficient (Wildman–Crippen LogP) is 2.82. The van der Waals surface area contributed by atoms with E-state index in [1.54, 1.807) is 0 Å². The van der Waals surface area contributed by atoms with Crippen molar-refractivity contribution in [3.8, 4) is 11.1 Å². The molecule has 3 nitrogen and oxygen atoms in total. The van der Waals surface area contributed by atoms with Crippen LogP contribution in [0.25, 0.3) is 11.1 Å². The maximum Gasteiger partial charge on any atom is 0.0872 e. The summed E-state index contributed by atoms with van der Waals surface area (Å²) in [5, 5.41) is 8.18. The molecule has 94 valence electrons. The van der Waals surface area contributed by atoms with Gasteiger partial charge in [-0.05, 0) is 31.9 Å². The predicted molar refractivity (Wildman–Crippen MR) is 73.4 cm³/mol. The van der Waals surface area contributed by atoms with Crippen molar-refractivity contribution in [3.63, 3.8) is 0 Å². The van der Waals surface area contributed by atoms with Crippen molar-refractivity contribution in [3.05, 3.63) is 41.7 Å². The molecule has 1 atom stereocenters. The molecule has 3 rings (SSSR count). The lowest BCUT2D eigenvalue weighted by Gasteiger charge is -2.09. The normalized spacial score (nSPS) is 19.3. The molecule has 0 amide bonds. The van der Waals surface area contributed by atoms with Crippen LogP contribution in [-0.4, -0.2) is 16.3 Å². The summed E-state index contributed by atoms with van der Waals surface area (Å²) in [5.74, 6) is 0. The molecule has 18 heavy (non-hydrogen) atoms. The van der Waals surface area contributed by atoms with Gasteiger partial charge in [0.15, 0.2) is 0 Å². The van der Waals surface area contributed by atoms with Crippen molar-refractivity contribution < 1.29 is 0 Å². The zero-order valence-electron chi connectivity index (χ0n) is 11.0. The lowest BCUT2D eigenvalue weighted by molar-refractivity contribution is 0.607. The molecule has 0 aliphatic carbocycles. The quantitative estimate of drug-likeness (QED) is 0.876. The Balaban J connectivity index is 2.02. The summed E-state index contributed by atoms with van der Waals surface area (Å²) in [7, 11) is 2.00. The molecule has 2 heterocycles. The third kappa shape index (κ3) is 2.06. The van der Waals surface area contributed by atoms with Gasteiger partial charge in [0.2, 0.25) is 0 Å². The Morgan fingerprint density at radius 2 is 2.06 bits per heavy atom. The first kappa shape index (κ1) is 11.5. The first-order valence-corrected chi connectivity index (χ1v) is 6.58. The Labute approximate surface area is 108 Å². The van der Waals surface area contributed by atoms with Crippen LogP contribution in [0.3, 0.4) is 0 Å². The van der Waals surface area contributed by atoms with E-state index in [-0.39, 0.29) is 0 Å². The smallest absolute Gasteiger partial charge is 0.0872 e. The molecule has 0 spiro atoms. The van der Waals surface area contributed by atoms with Crippen LogP contribution in [0.2, 0.25) is 0 Å². The number of aromatic nitrogens is 2. The summed E-state index contributed by atoms with van der Waals surface area (Å²) >= 11 is 0. The fourth-order valence-corrected chi connectivity index (χ4v) is 2.64. The highest BCUT2D eigenvalue weighted by molar-refractivity contribution is 5.66. The van der Waals surface area contributed by atoms with E-state index in [0.717, 1.165) is 6.54 Å². The Bertz CT molecular complexity index is 533. The molecule has 1 saturated heterocycles. The molecule has 0 radical (unpaired) electrons. The van der Waals surface area contributed by atoms with E-state index >= 15 is 0 Å². The zero-order chi connectivity index (χ0) is 12.5. The summed E-state index contributed by atoms with van der Waals surface area (Å²) in [5.41, 5.74) is 5.01. The Kier molecular flexibility index (Phi) is 2.92. The second kappa shape index (κ2) is 4.58. The molecule has 1 aliphatic heterocycles. The van der Waals surface area contributed by atoms with Gasteiger partial charge in [-0.3, -0.25) is 4.68 Å². The van der Waals surface area contributed by atoms with Gasteiger partial charge in [0.1, 0.15) is 0 Å². The molecule has 1 aromatic carbocycles. The van der Waals surface area contributed by atoms with Gasteiger partial charge in [0.05, 0.1) is 11.7 Å². The van der Waals surface area contributed by atoms with Crippen LogP contribution in [-0.2, 0) is 7.05 Å². The van der Waals surface area contributed by atoms with Crippen molar-refractivity contribution in [2.75, 3.05) is 6.54 Å². The highest BCUT2D eigenvalue weighted by Gasteiger charge is 2.22. The number of benzene rings is 1. The van der Waals surface area contributed by atoms with Crippen LogP contribution in [0, 0.1) is 6.92 Å². The van der Waals surface area contributed by atoms with Crippen LogP contribution >= 0.6 is 0 Å². The molecule has 1 N–H and O–H groups in total. The molecular weight excluding hydrogens is 222 g/mol. The van der Waals surface area contributed by atoms with Crippen molar-refractivity contribution in [2.45, 2.75) is 25.8 Å². The molecule has 1 unspecified atom stereocenters. The first-order chi connectivity index (χ1) is 8.74. The number of hydrogen-bond acceptors (Lipinski definition) is 2. The van der Waals surface area contributed by atoms with E-state index in [9.17, 15) is 0 Å². The molecular formula is C15H19N3. The van der Waals surface area contributed by atoms with Gasteiger partial charge in [-0.15, -0.1) is 0 Å². The summed E-state index contributed by atoms with van der Waals surface area (Å²) in [6.07, 6.45) is 4.56. The minimum absolute atomic E-state index is 0.419. The van der Waals surface area contributed by atoms with E-state index in [0.29, 0.717) is 6.04 Å². The van der Waals surface area contributed by atoms with Crippen LogP contribution in [0.15, 0.2) is 30.5 Å². The Morgan fingerprint density at radius 3 is 2.72 bits per heavy atom. The van der Waals surface area contributed by atoms with E-state index < -0.39 is 0 Å². The molecule has 1 aromatic heterocycles. The van der Waals surface area contributed by atoms with Crippen molar-refractivity contribution in [1.82, 2.24) is 15.1 Å². The van der Waals surface area contributed by atoms with Gasteiger partial charge in [0, 0.05) is 18.8 Å². The van der Waals surface area contributed by atoms with Crippen molar-refractivity contribution >= 4 is 0 Å². The standard InChI is InChI=1S/C15H19N3/c1-11-5-7-12(8-6-11)13-10-18(2)17-15(13)14-4-3-9-16-14/h5-8,10,14,16H,3-4,9H2,1-2H3. The zero-order valence-corrected chi connectivity index (χ0v) is 11.0. The fraction of sp³-hybridized carbons (Fsp3) is 0.400. The third-order valence-corrected chi connectivity index (χ3v) is 3.61. The second-order valence-electron chi connectivity index (χ2n) is 5.12. The van der Waals surface area contributed by atoms with E-state index in [4.69, 9.17) is 0 Å². The van der Waals surface area contributed by atoms with Crippen molar-refractivity contribution in [2.24, 2.45) is 7.05 Å². The first-order valence-electron chi connectivity index (χ1n) is 6.58. The van der Waals surface area contributed by atoms with E-state index in [1.807, 2.05) is 11.7 Å². The van der Waals surface area contributed by atoms with Gasteiger partial charge < -0.3 is 5.32 Å². The van der Waals surface area contributed by atoms with Crippen LogP contribution in [0.5, 0.6) is 0 Å². The van der Waals surface area contributed by atoms with Gasteiger partial charge in [-0.2, -0.15) is 5.10 Å². The lowest BCUT2D eigenvalue weighted by atomic mass is 10.0. The van der Waals surface area contributed by atoms with Crippen LogP contribution in [0.4, 0.5) is 0 Å². The molecule has 3 heteroatoms. The largest absolute Gasteiger partial charge is 0.309 e. The SMILES string of the molecule is Cc1ccc(-c2cn(C)nc2C2CCCN2)cc1. The lowest BCUT2D eigenvalue weighted by Crippen LogP contribution is -2.14. The minimum Gasteiger partial charge on any atom is -0.309 e. The molecule has 0 bridgehead atoms. The van der Waals surface area contributed by atoms with E-state index in [1.165, 1.54) is 35.2 Å². The topological polar surface area (TPSA) is 29.9 Å². The summed E-state index contributed by atoms with van der Waals surface area (Å²) in [6.45, 7) is 3.22. The van der Waals surface area contributed by atoms with Crippen LogP contribution in [0.1, 0.15) is 30.1 Å². The molecule has 0 saturated carbocycles. The summed E-state index contributed by atoms with van der Waals surface area (Å²) in [4.78, 5) is 0. The summed E-state index contributed by atoms with van der Waals surface area (Å²) in [6, 6.07) is 9.11. The molecule has 2 aromatic rings. The summed E-state index contributed by atoms with van der Waals surface area (Å²) < 4.78 is 1.92. The highest BCUT2D eigenvalue weighted by Crippen LogP contribution is 2.31. The molecule has 1 fully saturated rings. The van der Waals surface area contributed by atoms with Gasteiger partial charge in [0.25, 0.3) is 0 Å².